The summed E-state index contributed by atoms with van der Waals surface area (Å²) in [7, 11) is 9.75. The molecule has 0 aromatic heterocycles. The maximum atomic E-state index is 12.2. The van der Waals surface area contributed by atoms with Gasteiger partial charge in [0.2, 0.25) is 0 Å². The molecule has 2 nitrogen and oxygen atoms in total. The fourth-order valence-corrected chi connectivity index (χ4v) is 0.558. The molecule has 13 heavy (non-hydrogen) atoms. The second kappa shape index (κ2) is 9.95. The molecule has 0 amide bonds. The zero-order valence-corrected chi connectivity index (χ0v) is 10.2. The van der Waals surface area contributed by atoms with Crippen LogP contribution in [0.25, 0.3) is 0 Å². The van der Waals surface area contributed by atoms with Gasteiger partial charge in [-0.2, -0.15) is 5.26 Å². The average molecular weight is 404 g/mol. The van der Waals surface area contributed by atoms with Crippen LogP contribution in [-0.2, 0) is 16.5 Å². The first-order valence-electron chi connectivity index (χ1n) is 2.72. The predicted molar refractivity (Wildman–Crippen MR) is 47.8 cm³/mol. The molecule has 0 unspecified atom stereocenters. The standard InChI is InChI=1S/C7H4FN.2ClH.H3N.Pt/c8-7-3-1-2-6(4-7)5-9;;;;/h1-4H;2*1H;1H3;/q;;;;+2/p-2. The van der Waals surface area contributed by atoms with Gasteiger partial charge >= 0.3 is 35.3 Å². The third-order valence-electron chi connectivity index (χ3n) is 0.954. The van der Waals surface area contributed by atoms with Crippen molar-refractivity contribution in [1.82, 2.24) is 6.15 Å². The number of benzene rings is 1. The third kappa shape index (κ3) is 8.21. The van der Waals surface area contributed by atoms with Crippen molar-refractivity contribution in [2.75, 3.05) is 0 Å². The Balaban J connectivity index is 0. The summed E-state index contributed by atoms with van der Waals surface area (Å²) in [5.74, 6) is -0.367. The molecule has 0 aliphatic carbocycles. The Kier molecular flexibility index (Phi) is 11.7. The van der Waals surface area contributed by atoms with Crippen LogP contribution in [0.2, 0.25) is 0 Å². The average Bonchev–Trinajstić information content (AvgIpc) is 2.06. The molecular formula is C7H7Cl2FN2Pt. The molecule has 1 aromatic rings. The number of nitriles is 1. The molecule has 0 saturated carbocycles. The molecule has 0 radical (unpaired) electrons. The van der Waals surface area contributed by atoms with Crippen LogP contribution in [0.4, 0.5) is 4.39 Å². The molecule has 3 N–H and O–H groups in total. The topological polar surface area (TPSA) is 58.8 Å². The normalized spacial score (nSPS) is 7.54. The Labute approximate surface area is 92.6 Å². The Hall–Kier alpha value is -0.132. The molecule has 0 atom stereocenters. The van der Waals surface area contributed by atoms with Crippen LogP contribution in [0.1, 0.15) is 5.56 Å². The molecule has 76 valence electrons. The summed E-state index contributed by atoms with van der Waals surface area (Å²) in [4.78, 5) is 0. The van der Waals surface area contributed by atoms with E-state index in [0.29, 0.717) is 5.56 Å². The number of rotatable bonds is 0. The van der Waals surface area contributed by atoms with Gasteiger partial charge in [-0.15, -0.1) is 0 Å². The van der Waals surface area contributed by atoms with Crippen molar-refractivity contribution in [2.45, 2.75) is 0 Å². The first-order valence-corrected chi connectivity index (χ1v) is 8.35. The van der Waals surface area contributed by atoms with Crippen molar-refractivity contribution in [3.05, 3.63) is 35.6 Å². The SMILES string of the molecule is N.N#Cc1cccc(F)c1.[Cl][Pt][Cl]. The molecule has 0 aliphatic rings. The fourth-order valence-electron chi connectivity index (χ4n) is 0.558. The van der Waals surface area contributed by atoms with E-state index in [4.69, 9.17) is 24.1 Å². The number of hydrogen-bond acceptors (Lipinski definition) is 2. The molecule has 0 heterocycles. The van der Waals surface area contributed by atoms with Crippen LogP contribution in [0.5, 0.6) is 0 Å². The molecule has 1 aromatic carbocycles. The van der Waals surface area contributed by atoms with E-state index in [9.17, 15) is 4.39 Å². The van der Waals surface area contributed by atoms with E-state index < -0.39 is 16.5 Å². The fraction of sp³-hybridized carbons (Fsp3) is 0. The predicted octanol–water partition coefficient (Wildman–Crippen LogP) is 3.24. The van der Waals surface area contributed by atoms with Gasteiger partial charge in [0.25, 0.3) is 0 Å². The van der Waals surface area contributed by atoms with Crippen molar-refractivity contribution in [3.8, 4) is 6.07 Å². The summed E-state index contributed by atoms with van der Waals surface area (Å²) in [6.45, 7) is 0. The van der Waals surface area contributed by atoms with Crippen LogP contribution < -0.4 is 6.15 Å². The molecule has 0 bridgehead atoms. The van der Waals surface area contributed by atoms with Gasteiger partial charge in [0.05, 0.1) is 11.6 Å². The van der Waals surface area contributed by atoms with Gasteiger partial charge in [0.15, 0.2) is 0 Å². The molecule has 0 fully saturated rings. The van der Waals surface area contributed by atoms with Gasteiger partial charge < -0.3 is 6.15 Å². The molecular weight excluding hydrogens is 397 g/mol. The Morgan fingerprint density at radius 3 is 2.23 bits per heavy atom. The van der Waals surface area contributed by atoms with Gasteiger partial charge in [0.1, 0.15) is 5.82 Å². The van der Waals surface area contributed by atoms with Gasteiger partial charge in [-0.3, -0.25) is 0 Å². The zero-order valence-electron chi connectivity index (χ0n) is 6.41. The van der Waals surface area contributed by atoms with Crippen molar-refractivity contribution < 1.29 is 20.9 Å². The van der Waals surface area contributed by atoms with E-state index in [1.54, 1.807) is 6.07 Å². The summed E-state index contributed by atoms with van der Waals surface area (Å²) in [6.07, 6.45) is 0. The monoisotopic (exact) mass is 403 g/mol. The van der Waals surface area contributed by atoms with Crippen LogP contribution in [-0.4, -0.2) is 0 Å². The molecule has 0 saturated heterocycles. The Morgan fingerprint density at radius 1 is 1.38 bits per heavy atom. The van der Waals surface area contributed by atoms with E-state index in [2.05, 4.69) is 0 Å². The van der Waals surface area contributed by atoms with Crippen molar-refractivity contribution >= 4 is 18.8 Å². The second-order valence-electron chi connectivity index (χ2n) is 1.67. The summed E-state index contributed by atoms with van der Waals surface area (Å²) in [5.41, 5.74) is 0.356. The minimum atomic E-state index is -0.472. The molecule has 6 heteroatoms. The van der Waals surface area contributed by atoms with Gasteiger partial charge in [-0.25, -0.2) is 4.39 Å². The first-order chi connectivity index (χ1) is 5.74. The summed E-state index contributed by atoms with van der Waals surface area (Å²) < 4.78 is 12.2. The first kappa shape index (κ1) is 15.3. The third-order valence-corrected chi connectivity index (χ3v) is 0.954. The minimum absolute atomic E-state index is 0. The van der Waals surface area contributed by atoms with Gasteiger partial charge in [-0.1, -0.05) is 6.07 Å². The van der Waals surface area contributed by atoms with E-state index >= 15 is 0 Å². The van der Waals surface area contributed by atoms with Crippen molar-refractivity contribution in [3.63, 3.8) is 0 Å². The van der Waals surface area contributed by atoms with Crippen LogP contribution in [0, 0.1) is 17.1 Å². The molecule has 1 rings (SSSR count). The van der Waals surface area contributed by atoms with Gasteiger partial charge in [0, 0.05) is 0 Å². The van der Waals surface area contributed by atoms with E-state index in [1.165, 1.54) is 18.2 Å². The Bertz CT molecular complexity index is 277. The summed E-state index contributed by atoms with van der Waals surface area (Å²) in [6, 6.07) is 7.40. The number of nitrogens with zero attached hydrogens (tertiary/aromatic N) is 1. The van der Waals surface area contributed by atoms with Gasteiger partial charge in [-0.05, 0) is 18.2 Å². The number of hydrogen-bond donors (Lipinski definition) is 1. The molecule has 0 spiro atoms. The quantitative estimate of drug-likeness (QED) is 0.722. The number of halogens is 3. The van der Waals surface area contributed by atoms with E-state index in [1.807, 2.05) is 6.07 Å². The van der Waals surface area contributed by atoms with Crippen LogP contribution >= 0.6 is 18.8 Å². The maximum absolute atomic E-state index is 12.2. The zero-order chi connectivity index (χ0) is 9.40. The van der Waals surface area contributed by atoms with E-state index in [-0.39, 0.29) is 12.0 Å². The Morgan fingerprint density at radius 2 is 1.92 bits per heavy atom. The van der Waals surface area contributed by atoms with Crippen LogP contribution in [0.15, 0.2) is 24.3 Å². The van der Waals surface area contributed by atoms with Crippen molar-refractivity contribution in [1.29, 1.82) is 5.26 Å². The van der Waals surface area contributed by atoms with Crippen molar-refractivity contribution in [2.24, 2.45) is 0 Å². The van der Waals surface area contributed by atoms with E-state index in [0.717, 1.165) is 0 Å². The summed E-state index contributed by atoms with van der Waals surface area (Å²) >= 11 is -0.472. The molecule has 0 aliphatic heterocycles. The van der Waals surface area contributed by atoms with Crippen LogP contribution in [0.3, 0.4) is 0 Å². The summed E-state index contributed by atoms with van der Waals surface area (Å²) in [5, 5.41) is 8.25. The second-order valence-corrected chi connectivity index (χ2v) is 4.95.